The van der Waals surface area contributed by atoms with Crippen LogP contribution in [-0.2, 0) is 16.0 Å². The van der Waals surface area contributed by atoms with Crippen molar-refractivity contribution in [3.8, 4) is 5.75 Å². The first-order chi connectivity index (χ1) is 13.2. The van der Waals surface area contributed by atoms with Crippen LogP contribution in [0.15, 0.2) is 24.3 Å². The summed E-state index contributed by atoms with van der Waals surface area (Å²) in [5, 5.41) is 8.84. The number of benzene rings is 1. The van der Waals surface area contributed by atoms with Crippen LogP contribution >= 0.6 is 0 Å². The quantitative estimate of drug-likeness (QED) is 0.798. The minimum absolute atomic E-state index is 0.0101. The molecule has 7 nitrogen and oxygen atoms in total. The maximum absolute atomic E-state index is 12.0. The minimum Gasteiger partial charge on any atom is -0.492 e. The molecule has 1 amide bonds. The fourth-order valence-electron chi connectivity index (χ4n) is 2.69. The zero-order valence-corrected chi connectivity index (χ0v) is 17.7. The Hall–Kier alpha value is -2.28. The molecule has 0 aromatic heterocycles. The number of aliphatic carboxylic acids is 1. The van der Waals surface area contributed by atoms with Crippen LogP contribution < -0.4 is 4.74 Å². The van der Waals surface area contributed by atoms with Gasteiger partial charge in [-0.25, -0.2) is 4.79 Å². The predicted octanol–water partition coefficient (Wildman–Crippen LogP) is 3.27. The molecule has 0 aliphatic carbocycles. The molecule has 1 heterocycles. The Balaban J connectivity index is 0.00000190. The van der Waals surface area contributed by atoms with Gasteiger partial charge in [0.05, 0.1) is 6.42 Å². The third-order valence-electron chi connectivity index (χ3n) is 3.95. The van der Waals surface area contributed by atoms with E-state index in [1.807, 2.05) is 40.7 Å². The molecule has 1 aromatic rings. The number of carboxylic acid groups (broad SMARTS) is 1. The number of piperazine rings is 1. The molecule has 28 heavy (non-hydrogen) atoms. The van der Waals surface area contributed by atoms with Crippen LogP contribution in [-0.4, -0.2) is 71.9 Å². The summed E-state index contributed by atoms with van der Waals surface area (Å²) in [5.74, 6) is -0.179. The minimum atomic E-state index is -0.856. The SMILES string of the molecule is CC.CC(C)(C)OC(=O)N1CCN(CCOc2cccc(CC(=O)O)c2)CC1. The molecule has 1 saturated heterocycles. The Bertz CT molecular complexity index is 619. The van der Waals surface area contributed by atoms with Gasteiger partial charge < -0.3 is 19.5 Å². The molecular weight excluding hydrogens is 360 g/mol. The van der Waals surface area contributed by atoms with Crippen molar-refractivity contribution in [3.63, 3.8) is 0 Å². The number of rotatable bonds is 6. The van der Waals surface area contributed by atoms with Gasteiger partial charge in [-0.2, -0.15) is 0 Å². The first-order valence-electron chi connectivity index (χ1n) is 9.87. The largest absolute Gasteiger partial charge is 0.492 e. The number of carbonyl (C=O) groups is 2. The van der Waals surface area contributed by atoms with Crippen molar-refractivity contribution in [2.45, 2.75) is 46.6 Å². The van der Waals surface area contributed by atoms with E-state index in [0.717, 1.165) is 25.2 Å². The molecule has 1 aliphatic heterocycles. The first-order valence-corrected chi connectivity index (χ1v) is 9.87. The van der Waals surface area contributed by atoms with Gasteiger partial charge in [-0.3, -0.25) is 9.69 Å². The zero-order chi connectivity index (χ0) is 21.2. The van der Waals surface area contributed by atoms with Crippen LogP contribution in [0, 0.1) is 0 Å². The second-order valence-electron chi connectivity index (χ2n) is 7.38. The van der Waals surface area contributed by atoms with Crippen molar-refractivity contribution in [2.75, 3.05) is 39.3 Å². The molecular formula is C21H34N2O5. The highest BCUT2D eigenvalue weighted by Gasteiger charge is 2.25. The van der Waals surface area contributed by atoms with E-state index in [1.165, 1.54) is 0 Å². The normalized spacial score (nSPS) is 14.7. The van der Waals surface area contributed by atoms with E-state index < -0.39 is 11.6 Å². The molecule has 158 valence electrons. The van der Waals surface area contributed by atoms with Gasteiger partial charge in [0.1, 0.15) is 18.0 Å². The average molecular weight is 395 g/mol. The van der Waals surface area contributed by atoms with Crippen molar-refractivity contribution >= 4 is 12.1 Å². The smallest absolute Gasteiger partial charge is 0.410 e. The Kier molecular flexibility index (Phi) is 9.79. The number of ether oxygens (including phenoxy) is 2. The van der Waals surface area contributed by atoms with E-state index in [2.05, 4.69) is 4.90 Å². The molecule has 0 unspecified atom stereocenters. The number of carbonyl (C=O) groups excluding carboxylic acids is 1. The van der Waals surface area contributed by atoms with Gasteiger partial charge in [0, 0.05) is 32.7 Å². The predicted molar refractivity (Wildman–Crippen MR) is 109 cm³/mol. The zero-order valence-electron chi connectivity index (χ0n) is 17.7. The molecule has 1 N–H and O–H groups in total. The lowest BCUT2D eigenvalue weighted by Crippen LogP contribution is -2.50. The second-order valence-corrected chi connectivity index (χ2v) is 7.38. The average Bonchev–Trinajstić information content (AvgIpc) is 2.62. The third-order valence-corrected chi connectivity index (χ3v) is 3.95. The Morgan fingerprint density at radius 2 is 1.75 bits per heavy atom. The van der Waals surface area contributed by atoms with Gasteiger partial charge in [-0.15, -0.1) is 0 Å². The maximum atomic E-state index is 12.0. The standard InChI is InChI=1S/C19H28N2O5.C2H6/c1-19(2,3)26-18(24)21-9-7-20(8-10-21)11-12-25-16-6-4-5-15(13-16)14-17(22)23;1-2/h4-6,13H,7-12,14H2,1-3H3,(H,22,23);1-2H3. The van der Waals surface area contributed by atoms with Crippen LogP contribution in [0.1, 0.15) is 40.2 Å². The molecule has 1 fully saturated rings. The number of amides is 1. The highest BCUT2D eigenvalue weighted by atomic mass is 16.6. The van der Waals surface area contributed by atoms with Crippen molar-refractivity contribution in [1.82, 2.24) is 9.80 Å². The lowest BCUT2D eigenvalue weighted by molar-refractivity contribution is -0.136. The van der Waals surface area contributed by atoms with Crippen LogP contribution in [0.4, 0.5) is 4.79 Å². The summed E-state index contributed by atoms with van der Waals surface area (Å²) in [6.45, 7) is 13.7. The van der Waals surface area contributed by atoms with Crippen LogP contribution in [0.2, 0.25) is 0 Å². The lowest BCUT2D eigenvalue weighted by atomic mass is 10.1. The van der Waals surface area contributed by atoms with E-state index >= 15 is 0 Å². The van der Waals surface area contributed by atoms with Gasteiger partial charge in [0.2, 0.25) is 0 Å². The number of carboxylic acids is 1. The van der Waals surface area contributed by atoms with Crippen molar-refractivity contribution in [2.24, 2.45) is 0 Å². The molecule has 1 aliphatic rings. The topological polar surface area (TPSA) is 79.3 Å². The first kappa shape index (κ1) is 23.8. The molecule has 7 heteroatoms. The van der Waals surface area contributed by atoms with Gasteiger partial charge in [-0.05, 0) is 38.5 Å². The molecule has 0 saturated carbocycles. The summed E-state index contributed by atoms with van der Waals surface area (Å²) < 4.78 is 11.1. The Morgan fingerprint density at radius 3 is 2.32 bits per heavy atom. The van der Waals surface area contributed by atoms with Crippen LogP contribution in [0.25, 0.3) is 0 Å². The monoisotopic (exact) mass is 394 g/mol. The van der Waals surface area contributed by atoms with E-state index in [0.29, 0.717) is 25.4 Å². The third kappa shape index (κ3) is 9.08. The molecule has 0 atom stereocenters. The number of hydrogen-bond acceptors (Lipinski definition) is 5. The summed E-state index contributed by atoms with van der Waals surface area (Å²) >= 11 is 0. The Labute approximate surface area is 168 Å². The fourth-order valence-corrected chi connectivity index (χ4v) is 2.69. The van der Waals surface area contributed by atoms with Gasteiger partial charge >= 0.3 is 12.1 Å². The van der Waals surface area contributed by atoms with E-state index in [1.54, 1.807) is 23.1 Å². The summed E-state index contributed by atoms with van der Waals surface area (Å²) in [7, 11) is 0. The molecule has 1 aromatic carbocycles. The molecule has 0 spiro atoms. The van der Waals surface area contributed by atoms with Gasteiger partial charge in [-0.1, -0.05) is 26.0 Å². The summed E-state index contributed by atoms with van der Waals surface area (Å²) in [4.78, 5) is 26.8. The van der Waals surface area contributed by atoms with Crippen molar-refractivity contribution < 1.29 is 24.2 Å². The summed E-state index contributed by atoms with van der Waals surface area (Å²) in [5.41, 5.74) is 0.248. The number of nitrogens with zero attached hydrogens (tertiary/aromatic N) is 2. The molecule has 0 bridgehead atoms. The van der Waals surface area contributed by atoms with Crippen LogP contribution in [0.5, 0.6) is 5.75 Å². The fraction of sp³-hybridized carbons (Fsp3) is 0.619. The maximum Gasteiger partial charge on any atom is 0.410 e. The summed E-state index contributed by atoms with van der Waals surface area (Å²) in [6, 6.07) is 7.16. The van der Waals surface area contributed by atoms with E-state index in [-0.39, 0.29) is 12.5 Å². The second kappa shape index (κ2) is 11.5. The van der Waals surface area contributed by atoms with Crippen molar-refractivity contribution in [3.05, 3.63) is 29.8 Å². The van der Waals surface area contributed by atoms with Gasteiger partial charge in [0.15, 0.2) is 0 Å². The van der Waals surface area contributed by atoms with Crippen molar-refractivity contribution in [1.29, 1.82) is 0 Å². The van der Waals surface area contributed by atoms with Crippen LogP contribution in [0.3, 0.4) is 0 Å². The highest BCUT2D eigenvalue weighted by molar-refractivity contribution is 5.70. The van der Waals surface area contributed by atoms with E-state index in [9.17, 15) is 9.59 Å². The molecule has 2 rings (SSSR count). The molecule has 0 radical (unpaired) electrons. The lowest BCUT2D eigenvalue weighted by Gasteiger charge is -2.35. The number of hydrogen-bond donors (Lipinski definition) is 1. The summed E-state index contributed by atoms with van der Waals surface area (Å²) in [6.07, 6.45) is -0.271. The van der Waals surface area contributed by atoms with Gasteiger partial charge in [0.25, 0.3) is 0 Å². The highest BCUT2D eigenvalue weighted by Crippen LogP contribution is 2.15. The van der Waals surface area contributed by atoms with E-state index in [4.69, 9.17) is 14.6 Å². The Morgan fingerprint density at radius 1 is 1.11 bits per heavy atom.